The molecule has 1 aromatic heterocycles. The van der Waals surface area contributed by atoms with Crippen LogP contribution >= 0.6 is 0 Å². The maximum atomic E-state index is 5.75. The highest BCUT2D eigenvalue weighted by Gasteiger charge is 2.32. The summed E-state index contributed by atoms with van der Waals surface area (Å²) in [6.07, 6.45) is 1.82. The third-order valence-electron chi connectivity index (χ3n) is 4.03. The first-order chi connectivity index (χ1) is 9.51. The molecule has 0 spiro atoms. The molecule has 3 nitrogen and oxygen atoms in total. The predicted octanol–water partition coefficient (Wildman–Crippen LogP) is 3.57. The number of ether oxygens (including phenoxy) is 1. The van der Waals surface area contributed by atoms with Gasteiger partial charge in [0.1, 0.15) is 11.5 Å². The van der Waals surface area contributed by atoms with E-state index in [0.717, 1.165) is 23.7 Å². The van der Waals surface area contributed by atoms with Gasteiger partial charge in [0.25, 0.3) is 0 Å². The van der Waals surface area contributed by atoms with Crippen LogP contribution in [0, 0.1) is 6.92 Å². The van der Waals surface area contributed by atoms with Crippen LogP contribution in [0.4, 0.5) is 0 Å². The summed E-state index contributed by atoms with van der Waals surface area (Å²) in [6, 6.07) is 8.69. The van der Waals surface area contributed by atoms with E-state index in [1.54, 1.807) is 0 Å². The summed E-state index contributed by atoms with van der Waals surface area (Å²) in [4.78, 5) is 0. The third kappa shape index (κ3) is 2.12. The fraction of sp³-hybridized carbons (Fsp3) is 0.412. The van der Waals surface area contributed by atoms with Crippen LogP contribution in [0.3, 0.4) is 0 Å². The van der Waals surface area contributed by atoms with Gasteiger partial charge < -0.3 is 14.5 Å². The number of furan rings is 1. The number of hydrogen-bond acceptors (Lipinski definition) is 3. The summed E-state index contributed by atoms with van der Waals surface area (Å²) in [5.41, 5.74) is 3.76. The Balaban J connectivity index is 2.02. The van der Waals surface area contributed by atoms with Crippen molar-refractivity contribution in [1.82, 2.24) is 5.32 Å². The lowest BCUT2D eigenvalue weighted by atomic mass is 9.85. The number of nitrogens with one attached hydrogen (secondary N) is 1. The molecule has 0 bridgehead atoms. The fourth-order valence-corrected chi connectivity index (χ4v) is 2.86. The minimum atomic E-state index is 0.0793. The van der Waals surface area contributed by atoms with Crippen molar-refractivity contribution in [2.24, 2.45) is 0 Å². The topological polar surface area (TPSA) is 34.4 Å². The number of benzene rings is 1. The second-order valence-electron chi connectivity index (χ2n) is 6.14. The summed E-state index contributed by atoms with van der Waals surface area (Å²) in [6.45, 7) is 7.16. The molecule has 3 rings (SSSR count). The highest BCUT2D eigenvalue weighted by atomic mass is 16.5. The molecule has 1 aliphatic heterocycles. The van der Waals surface area contributed by atoms with Crippen molar-refractivity contribution in [2.45, 2.75) is 32.2 Å². The Morgan fingerprint density at radius 3 is 2.65 bits per heavy atom. The van der Waals surface area contributed by atoms with Crippen LogP contribution in [-0.4, -0.2) is 13.7 Å². The molecular formula is C17H21NO2. The summed E-state index contributed by atoms with van der Waals surface area (Å²) < 4.78 is 11.2. The summed E-state index contributed by atoms with van der Waals surface area (Å²) in [5.74, 6) is 1.95. The van der Waals surface area contributed by atoms with Gasteiger partial charge in [0.05, 0.1) is 18.9 Å². The van der Waals surface area contributed by atoms with Gasteiger partial charge in [0.2, 0.25) is 0 Å². The molecule has 106 valence electrons. The molecular weight excluding hydrogens is 250 g/mol. The molecule has 0 aliphatic carbocycles. The fourth-order valence-electron chi connectivity index (χ4n) is 2.86. The maximum Gasteiger partial charge on any atom is 0.123 e. The highest BCUT2D eigenvalue weighted by molar-refractivity contribution is 5.47. The van der Waals surface area contributed by atoms with E-state index in [2.05, 4.69) is 43.4 Å². The molecule has 0 radical (unpaired) electrons. The molecule has 1 aliphatic rings. The Kier molecular flexibility index (Phi) is 3.09. The van der Waals surface area contributed by atoms with Gasteiger partial charge in [-0.15, -0.1) is 0 Å². The third-order valence-corrected chi connectivity index (χ3v) is 4.03. The molecule has 0 saturated carbocycles. The van der Waals surface area contributed by atoms with Crippen molar-refractivity contribution >= 4 is 0 Å². The van der Waals surface area contributed by atoms with Crippen molar-refractivity contribution in [2.75, 3.05) is 13.7 Å². The molecule has 2 aromatic rings. The van der Waals surface area contributed by atoms with Crippen LogP contribution in [0.15, 0.2) is 34.9 Å². The molecule has 2 heterocycles. The zero-order valence-corrected chi connectivity index (χ0v) is 12.5. The summed E-state index contributed by atoms with van der Waals surface area (Å²) in [7, 11) is 1.97. The van der Waals surface area contributed by atoms with E-state index in [-0.39, 0.29) is 11.5 Å². The predicted molar refractivity (Wildman–Crippen MR) is 79.3 cm³/mol. The van der Waals surface area contributed by atoms with Crippen molar-refractivity contribution in [3.05, 3.63) is 53.0 Å². The first kappa shape index (κ1) is 13.3. The minimum Gasteiger partial charge on any atom is -0.492 e. The van der Waals surface area contributed by atoms with Crippen LogP contribution < -0.4 is 10.1 Å². The molecule has 0 amide bonds. The van der Waals surface area contributed by atoms with Crippen LogP contribution in [0.1, 0.15) is 42.3 Å². The summed E-state index contributed by atoms with van der Waals surface area (Å²) in [5, 5.41) is 3.37. The Hall–Kier alpha value is -1.74. The largest absolute Gasteiger partial charge is 0.492 e. The number of hydrogen-bond donors (Lipinski definition) is 1. The molecule has 0 saturated heterocycles. The van der Waals surface area contributed by atoms with Crippen molar-refractivity contribution in [3.63, 3.8) is 0 Å². The minimum absolute atomic E-state index is 0.0793. The normalized spacial score (nSPS) is 17.6. The van der Waals surface area contributed by atoms with Gasteiger partial charge in [0.15, 0.2) is 0 Å². The molecule has 1 atom stereocenters. The quantitative estimate of drug-likeness (QED) is 0.926. The smallest absolute Gasteiger partial charge is 0.123 e. The van der Waals surface area contributed by atoms with Gasteiger partial charge in [-0.2, -0.15) is 0 Å². The standard InChI is InChI=1S/C17H21NO2/c1-11-7-13(9-19-11)16(18-4)12-5-6-15-14(8-12)17(2,3)10-20-15/h5-9,16,18H,10H2,1-4H3. The Morgan fingerprint density at radius 1 is 1.20 bits per heavy atom. The molecule has 1 aromatic carbocycles. The van der Waals surface area contributed by atoms with Gasteiger partial charge in [-0.1, -0.05) is 19.9 Å². The summed E-state index contributed by atoms with van der Waals surface area (Å²) >= 11 is 0. The number of rotatable bonds is 3. The number of fused-ring (bicyclic) bond motifs is 1. The van der Waals surface area contributed by atoms with Crippen LogP contribution in [-0.2, 0) is 5.41 Å². The van der Waals surface area contributed by atoms with Crippen molar-refractivity contribution in [3.8, 4) is 5.75 Å². The first-order valence-electron chi connectivity index (χ1n) is 7.01. The van der Waals surface area contributed by atoms with E-state index in [9.17, 15) is 0 Å². The zero-order chi connectivity index (χ0) is 14.3. The second-order valence-corrected chi connectivity index (χ2v) is 6.14. The van der Waals surface area contributed by atoms with Gasteiger partial charge in [0, 0.05) is 16.5 Å². The van der Waals surface area contributed by atoms with E-state index in [1.807, 2.05) is 20.2 Å². The van der Waals surface area contributed by atoms with Crippen LogP contribution in [0.5, 0.6) is 5.75 Å². The lowest BCUT2D eigenvalue weighted by Gasteiger charge is -2.19. The van der Waals surface area contributed by atoms with Gasteiger partial charge in [-0.05, 0) is 37.7 Å². The molecule has 0 fully saturated rings. The molecule has 1 unspecified atom stereocenters. The van der Waals surface area contributed by atoms with E-state index >= 15 is 0 Å². The van der Waals surface area contributed by atoms with Crippen molar-refractivity contribution in [1.29, 1.82) is 0 Å². The average Bonchev–Trinajstić information content (AvgIpc) is 2.96. The lowest BCUT2D eigenvalue weighted by Crippen LogP contribution is -2.20. The van der Waals surface area contributed by atoms with E-state index in [0.29, 0.717) is 0 Å². The van der Waals surface area contributed by atoms with Crippen molar-refractivity contribution < 1.29 is 9.15 Å². The monoisotopic (exact) mass is 271 g/mol. The van der Waals surface area contributed by atoms with E-state index in [4.69, 9.17) is 9.15 Å². The second kappa shape index (κ2) is 4.67. The van der Waals surface area contributed by atoms with Gasteiger partial charge in [-0.25, -0.2) is 0 Å². The van der Waals surface area contributed by atoms with Gasteiger partial charge >= 0.3 is 0 Å². The van der Waals surface area contributed by atoms with Crippen LogP contribution in [0.25, 0.3) is 0 Å². The SMILES string of the molecule is CNC(c1coc(C)c1)c1ccc2c(c1)C(C)(C)CO2. The lowest BCUT2D eigenvalue weighted by molar-refractivity contribution is 0.291. The first-order valence-corrected chi connectivity index (χ1v) is 7.01. The Labute approximate surface area is 119 Å². The maximum absolute atomic E-state index is 5.75. The Bertz CT molecular complexity index is 628. The molecule has 1 N–H and O–H groups in total. The molecule has 3 heteroatoms. The van der Waals surface area contributed by atoms with E-state index in [1.165, 1.54) is 11.1 Å². The van der Waals surface area contributed by atoms with Crippen LogP contribution in [0.2, 0.25) is 0 Å². The highest BCUT2D eigenvalue weighted by Crippen LogP contribution is 2.40. The average molecular weight is 271 g/mol. The van der Waals surface area contributed by atoms with E-state index < -0.39 is 0 Å². The van der Waals surface area contributed by atoms with Gasteiger partial charge in [-0.3, -0.25) is 0 Å². The Morgan fingerprint density at radius 2 is 2.00 bits per heavy atom. The number of aryl methyl sites for hydroxylation is 1. The zero-order valence-electron chi connectivity index (χ0n) is 12.5. The molecule has 20 heavy (non-hydrogen) atoms.